The van der Waals surface area contributed by atoms with Gasteiger partial charge in [-0.2, -0.15) is 0 Å². The zero-order valence-corrected chi connectivity index (χ0v) is 7.06. The Hall–Kier alpha value is -1.02. The fourth-order valence-corrected chi connectivity index (χ4v) is 0.781. The Labute approximate surface area is 71.0 Å². The van der Waals surface area contributed by atoms with Gasteiger partial charge in [0, 0.05) is 0 Å². The van der Waals surface area contributed by atoms with E-state index in [1.165, 1.54) is 0 Å². The van der Waals surface area contributed by atoms with Crippen molar-refractivity contribution in [2.45, 2.75) is 6.92 Å². The van der Waals surface area contributed by atoms with E-state index in [4.69, 9.17) is 22.1 Å². The number of hydrogen-bond donors (Lipinski definition) is 1. The Morgan fingerprint density at radius 1 is 1.45 bits per heavy atom. The number of nitrogen functional groups attached to an aromatic ring is 1. The normalized spacial score (nSPS) is 8.18. The lowest BCUT2D eigenvalue weighted by molar-refractivity contribution is -0.0979. The first-order chi connectivity index (χ1) is 5.20. The Morgan fingerprint density at radius 3 is 2.36 bits per heavy atom. The number of rotatable bonds is 0. The van der Waals surface area contributed by atoms with Crippen LogP contribution in [0.4, 0.5) is 5.69 Å². The smallest absolute Gasteiger partial charge is 0.106 e. The van der Waals surface area contributed by atoms with Gasteiger partial charge in [0.1, 0.15) is 6.79 Å². The third kappa shape index (κ3) is 3.05. The molecule has 0 aliphatic rings. The number of carbonyl (C=O) groups excluding carboxylic acids is 1. The van der Waals surface area contributed by atoms with Gasteiger partial charge >= 0.3 is 0 Å². The van der Waals surface area contributed by atoms with Crippen molar-refractivity contribution in [2.24, 2.45) is 0 Å². The topological polar surface area (TPSA) is 43.1 Å². The van der Waals surface area contributed by atoms with E-state index in [1.54, 1.807) is 6.07 Å². The van der Waals surface area contributed by atoms with Gasteiger partial charge in [0.25, 0.3) is 0 Å². The molecule has 60 valence electrons. The van der Waals surface area contributed by atoms with Crippen molar-refractivity contribution in [3.05, 3.63) is 28.8 Å². The lowest BCUT2D eigenvalue weighted by Gasteiger charge is -1.96. The van der Waals surface area contributed by atoms with Crippen LogP contribution >= 0.6 is 11.6 Å². The van der Waals surface area contributed by atoms with Gasteiger partial charge in [0.15, 0.2) is 0 Å². The highest BCUT2D eigenvalue weighted by Crippen LogP contribution is 2.18. The molecule has 0 atom stereocenters. The summed E-state index contributed by atoms with van der Waals surface area (Å²) in [6, 6.07) is 5.58. The highest BCUT2D eigenvalue weighted by molar-refractivity contribution is 6.33. The zero-order valence-electron chi connectivity index (χ0n) is 6.30. The van der Waals surface area contributed by atoms with Crippen molar-refractivity contribution >= 4 is 24.1 Å². The van der Waals surface area contributed by atoms with Crippen LogP contribution in [0.3, 0.4) is 0 Å². The van der Waals surface area contributed by atoms with E-state index in [9.17, 15) is 0 Å². The van der Waals surface area contributed by atoms with Gasteiger partial charge in [-0.3, -0.25) is 0 Å². The third-order valence-electron chi connectivity index (χ3n) is 1.15. The summed E-state index contributed by atoms with van der Waals surface area (Å²) in [4.78, 5) is 8.00. The lowest BCUT2D eigenvalue weighted by atomic mass is 10.2. The van der Waals surface area contributed by atoms with E-state index >= 15 is 0 Å². The summed E-state index contributed by atoms with van der Waals surface area (Å²) < 4.78 is 0. The van der Waals surface area contributed by atoms with Gasteiger partial charge in [0.05, 0.1) is 10.7 Å². The van der Waals surface area contributed by atoms with Crippen molar-refractivity contribution in [3.63, 3.8) is 0 Å². The van der Waals surface area contributed by atoms with Crippen LogP contribution in [0.1, 0.15) is 5.56 Å². The van der Waals surface area contributed by atoms with E-state index in [1.807, 2.05) is 25.8 Å². The van der Waals surface area contributed by atoms with Gasteiger partial charge in [-0.05, 0) is 24.6 Å². The van der Waals surface area contributed by atoms with Gasteiger partial charge < -0.3 is 10.5 Å². The largest absolute Gasteiger partial charge is 0.398 e. The van der Waals surface area contributed by atoms with Crippen LogP contribution in [-0.2, 0) is 4.79 Å². The van der Waals surface area contributed by atoms with Crippen LogP contribution in [0, 0.1) is 6.92 Å². The zero-order chi connectivity index (χ0) is 8.85. The molecule has 1 rings (SSSR count). The summed E-state index contributed by atoms with van der Waals surface area (Å²) in [5.41, 5.74) is 7.27. The molecule has 0 aliphatic heterocycles. The molecule has 0 spiro atoms. The Kier molecular flexibility index (Phi) is 4.30. The van der Waals surface area contributed by atoms with Gasteiger partial charge in [-0.15, -0.1) is 0 Å². The first-order valence-corrected chi connectivity index (χ1v) is 3.38. The van der Waals surface area contributed by atoms with E-state index in [2.05, 4.69) is 0 Å². The van der Waals surface area contributed by atoms with E-state index in [0.29, 0.717) is 10.7 Å². The van der Waals surface area contributed by atoms with Crippen LogP contribution in [0.15, 0.2) is 18.2 Å². The number of aryl methyl sites for hydroxylation is 1. The summed E-state index contributed by atoms with van der Waals surface area (Å²) in [7, 11) is 0. The number of benzene rings is 1. The van der Waals surface area contributed by atoms with E-state index in [-0.39, 0.29) is 0 Å². The predicted octanol–water partition coefficient (Wildman–Crippen LogP) is 2.05. The standard InChI is InChI=1S/C7H8ClN.CH2O/c1-5-2-3-6(8)7(9)4-5;1-2/h2-4H,9H2,1H3;1H2. The molecule has 0 saturated carbocycles. The number of anilines is 1. The van der Waals surface area contributed by atoms with Gasteiger partial charge in [-0.25, -0.2) is 0 Å². The molecule has 0 aliphatic carbocycles. The molecule has 0 heterocycles. The maximum Gasteiger partial charge on any atom is 0.106 e. The third-order valence-corrected chi connectivity index (χ3v) is 1.50. The van der Waals surface area contributed by atoms with E-state index in [0.717, 1.165) is 5.56 Å². The summed E-state index contributed by atoms with van der Waals surface area (Å²) in [6.45, 7) is 3.98. The molecular weight excluding hydrogens is 162 g/mol. The monoisotopic (exact) mass is 171 g/mol. The van der Waals surface area contributed by atoms with Crippen LogP contribution in [0.25, 0.3) is 0 Å². The minimum absolute atomic E-state index is 0.626. The number of nitrogens with two attached hydrogens (primary N) is 1. The van der Waals surface area contributed by atoms with Crippen molar-refractivity contribution < 1.29 is 4.79 Å². The molecule has 0 aromatic heterocycles. The van der Waals surface area contributed by atoms with Crippen molar-refractivity contribution in [1.29, 1.82) is 0 Å². The second kappa shape index (κ2) is 4.74. The highest BCUT2D eigenvalue weighted by Gasteiger charge is 1.92. The highest BCUT2D eigenvalue weighted by atomic mass is 35.5. The molecule has 3 heteroatoms. The maximum absolute atomic E-state index is 8.00. The Morgan fingerprint density at radius 2 is 2.00 bits per heavy atom. The fourth-order valence-electron chi connectivity index (χ4n) is 0.663. The average molecular weight is 172 g/mol. The Balaban J connectivity index is 0.000000461. The molecule has 0 bridgehead atoms. The van der Waals surface area contributed by atoms with Crippen LogP contribution < -0.4 is 5.73 Å². The first kappa shape index (κ1) is 9.98. The SMILES string of the molecule is C=O.Cc1ccc(Cl)c(N)c1. The molecule has 0 amide bonds. The second-order valence-electron chi connectivity index (χ2n) is 2.02. The van der Waals surface area contributed by atoms with Crippen LogP contribution in [0.5, 0.6) is 0 Å². The first-order valence-electron chi connectivity index (χ1n) is 3.00. The average Bonchev–Trinajstić information content (AvgIpc) is 2.02. The second-order valence-corrected chi connectivity index (χ2v) is 2.43. The van der Waals surface area contributed by atoms with Gasteiger partial charge in [-0.1, -0.05) is 17.7 Å². The maximum atomic E-state index is 8.00. The van der Waals surface area contributed by atoms with Crippen molar-refractivity contribution in [2.75, 3.05) is 5.73 Å². The summed E-state index contributed by atoms with van der Waals surface area (Å²) in [5.74, 6) is 0. The molecule has 0 saturated heterocycles. The molecule has 0 fully saturated rings. The minimum atomic E-state index is 0.626. The summed E-state index contributed by atoms with van der Waals surface area (Å²) >= 11 is 5.66. The quantitative estimate of drug-likeness (QED) is 0.608. The van der Waals surface area contributed by atoms with E-state index < -0.39 is 0 Å². The lowest BCUT2D eigenvalue weighted by Crippen LogP contribution is -1.85. The molecule has 1 aromatic rings. The molecule has 1 aromatic carbocycles. The molecule has 2 N–H and O–H groups in total. The molecule has 0 radical (unpaired) electrons. The molecule has 0 unspecified atom stereocenters. The molecule has 2 nitrogen and oxygen atoms in total. The number of hydrogen-bond acceptors (Lipinski definition) is 2. The van der Waals surface area contributed by atoms with Crippen LogP contribution in [-0.4, -0.2) is 6.79 Å². The summed E-state index contributed by atoms with van der Waals surface area (Å²) in [5, 5.41) is 0.626. The molecular formula is C8H10ClNO. The Bertz CT molecular complexity index is 238. The number of carbonyl (C=O) groups is 1. The van der Waals surface area contributed by atoms with Gasteiger partial charge in [0.2, 0.25) is 0 Å². The molecule has 11 heavy (non-hydrogen) atoms. The number of halogens is 1. The van der Waals surface area contributed by atoms with Crippen molar-refractivity contribution in [3.8, 4) is 0 Å². The van der Waals surface area contributed by atoms with Crippen molar-refractivity contribution in [1.82, 2.24) is 0 Å². The fraction of sp³-hybridized carbons (Fsp3) is 0.125. The summed E-state index contributed by atoms with van der Waals surface area (Å²) in [6.07, 6.45) is 0. The predicted molar refractivity (Wildman–Crippen MR) is 47.7 cm³/mol. The minimum Gasteiger partial charge on any atom is -0.398 e. The van der Waals surface area contributed by atoms with Crippen LogP contribution in [0.2, 0.25) is 5.02 Å².